The van der Waals surface area contributed by atoms with E-state index in [9.17, 15) is 4.39 Å². The third kappa shape index (κ3) is 1.28. The molecule has 0 heterocycles. The molecule has 0 bridgehead atoms. The van der Waals surface area contributed by atoms with Crippen LogP contribution in [0.15, 0.2) is 4.47 Å². The highest BCUT2D eigenvalue weighted by atomic mass is 79.9. The maximum absolute atomic E-state index is 13.4. The van der Waals surface area contributed by atoms with Crippen LogP contribution in [0, 0.1) is 33.5 Å². The Morgan fingerprint density at radius 1 is 0.833 bits per heavy atom. The summed E-state index contributed by atoms with van der Waals surface area (Å²) in [5.41, 5.74) is 3.95. The molecule has 0 aliphatic rings. The van der Waals surface area contributed by atoms with E-state index in [1.54, 1.807) is 0 Å². The van der Waals surface area contributed by atoms with E-state index >= 15 is 0 Å². The van der Waals surface area contributed by atoms with E-state index in [4.69, 9.17) is 0 Å². The van der Waals surface area contributed by atoms with Gasteiger partial charge in [0.15, 0.2) is 0 Å². The molecular weight excluding hydrogens is 219 g/mol. The third-order valence-electron chi connectivity index (χ3n) is 2.54. The highest BCUT2D eigenvalue weighted by Gasteiger charge is 2.12. The number of hydrogen-bond donors (Lipinski definition) is 0. The van der Waals surface area contributed by atoms with E-state index in [2.05, 4.69) is 15.9 Å². The lowest BCUT2D eigenvalue weighted by molar-refractivity contribution is 0.607. The van der Waals surface area contributed by atoms with E-state index in [0.717, 1.165) is 16.7 Å². The first-order valence-corrected chi connectivity index (χ1v) is 4.67. The molecule has 0 saturated heterocycles. The van der Waals surface area contributed by atoms with Crippen LogP contribution in [0.5, 0.6) is 0 Å². The molecule has 0 spiro atoms. The lowest BCUT2D eigenvalue weighted by Gasteiger charge is -2.11. The van der Waals surface area contributed by atoms with E-state index in [-0.39, 0.29) is 5.82 Å². The first kappa shape index (κ1) is 9.72. The van der Waals surface area contributed by atoms with Gasteiger partial charge in [0.05, 0.1) is 4.47 Å². The molecule has 2 heteroatoms. The fourth-order valence-corrected chi connectivity index (χ4v) is 1.82. The smallest absolute Gasteiger partial charge is 0.140 e. The second-order valence-electron chi connectivity index (χ2n) is 3.13. The molecule has 1 rings (SSSR count). The minimum Gasteiger partial charge on any atom is -0.205 e. The molecular formula is C10H12BrF. The quantitative estimate of drug-likeness (QED) is 0.636. The van der Waals surface area contributed by atoms with Crippen molar-refractivity contribution in [2.24, 2.45) is 0 Å². The lowest BCUT2D eigenvalue weighted by Crippen LogP contribution is -1.97. The van der Waals surface area contributed by atoms with Gasteiger partial charge in [0.25, 0.3) is 0 Å². The third-order valence-corrected chi connectivity index (χ3v) is 3.48. The molecule has 0 radical (unpaired) electrons. The Bertz CT molecular complexity index is 224. The van der Waals surface area contributed by atoms with Crippen LogP contribution >= 0.6 is 15.9 Å². The molecule has 0 amide bonds. The summed E-state index contributed by atoms with van der Waals surface area (Å²) < 4.78 is 14.0. The zero-order valence-electron chi connectivity index (χ0n) is 7.76. The van der Waals surface area contributed by atoms with Crippen molar-refractivity contribution in [1.82, 2.24) is 0 Å². The van der Waals surface area contributed by atoms with Gasteiger partial charge in [-0.25, -0.2) is 4.39 Å². The van der Waals surface area contributed by atoms with Gasteiger partial charge in [0.1, 0.15) is 5.82 Å². The van der Waals surface area contributed by atoms with Crippen molar-refractivity contribution < 1.29 is 4.39 Å². The highest BCUT2D eigenvalue weighted by Crippen LogP contribution is 2.28. The average Bonchev–Trinajstić information content (AvgIpc) is 2.08. The van der Waals surface area contributed by atoms with Crippen molar-refractivity contribution >= 4 is 15.9 Å². The summed E-state index contributed by atoms with van der Waals surface area (Å²) in [7, 11) is 0. The van der Waals surface area contributed by atoms with Gasteiger partial charge in [-0.15, -0.1) is 0 Å². The monoisotopic (exact) mass is 230 g/mol. The Labute approximate surface area is 80.9 Å². The van der Waals surface area contributed by atoms with Crippen molar-refractivity contribution in [2.45, 2.75) is 27.7 Å². The van der Waals surface area contributed by atoms with Crippen LogP contribution in [0.3, 0.4) is 0 Å². The van der Waals surface area contributed by atoms with Crippen LogP contribution in [0.25, 0.3) is 0 Å². The van der Waals surface area contributed by atoms with Crippen LogP contribution < -0.4 is 0 Å². The van der Waals surface area contributed by atoms with Crippen molar-refractivity contribution in [3.05, 3.63) is 32.5 Å². The number of rotatable bonds is 0. The molecule has 0 nitrogen and oxygen atoms in total. The van der Waals surface area contributed by atoms with E-state index in [1.165, 1.54) is 5.56 Å². The van der Waals surface area contributed by atoms with Gasteiger partial charge in [-0.3, -0.25) is 0 Å². The molecule has 0 fully saturated rings. The first-order valence-electron chi connectivity index (χ1n) is 3.88. The summed E-state index contributed by atoms with van der Waals surface area (Å²) >= 11 is 3.24. The van der Waals surface area contributed by atoms with Crippen molar-refractivity contribution in [1.29, 1.82) is 0 Å². The maximum atomic E-state index is 13.4. The summed E-state index contributed by atoms with van der Waals surface area (Å²) in [4.78, 5) is 0. The second kappa shape index (κ2) is 3.17. The van der Waals surface area contributed by atoms with Crippen LogP contribution in [0.1, 0.15) is 22.3 Å². The Hall–Kier alpha value is -0.370. The van der Waals surface area contributed by atoms with Gasteiger partial charge in [0, 0.05) is 0 Å². The van der Waals surface area contributed by atoms with Crippen molar-refractivity contribution in [3.8, 4) is 0 Å². The SMILES string of the molecule is Cc1c(C)c(C)c(Br)c(F)c1C. The van der Waals surface area contributed by atoms with E-state index in [0.29, 0.717) is 4.47 Å². The number of hydrogen-bond acceptors (Lipinski definition) is 0. The van der Waals surface area contributed by atoms with Crippen molar-refractivity contribution in [3.63, 3.8) is 0 Å². The van der Waals surface area contributed by atoms with Crippen LogP contribution in [-0.4, -0.2) is 0 Å². The van der Waals surface area contributed by atoms with Gasteiger partial charge in [-0.2, -0.15) is 0 Å². The molecule has 0 unspecified atom stereocenters. The molecule has 0 saturated carbocycles. The fourth-order valence-electron chi connectivity index (χ4n) is 1.22. The zero-order valence-corrected chi connectivity index (χ0v) is 9.34. The topological polar surface area (TPSA) is 0 Å². The predicted molar refractivity (Wildman–Crippen MR) is 53.0 cm³/mol. The van der Waals surface area contributed by atoms with Gasteiger partial charge in [0.2, 0.25) is 0 Å². The van der Waals surface area contributed by atoms with Crippen LogP contribution in [-0.2, 0) is 0 Å². The number of halogens is 2. The van der Waals surface area contributed by atoms with Crippen LogP contribution in [0.2, 0.25) is 0 Å². The maximum Gasteiger partial charge on any atom is 0.140 e. The Kier molecular flexibility index (Phi) is 2.57. The second-order valence-corrected chi connectivity index (χ2v) is 3.92. The largest absolute Gasteiger partial charge is 0.205 e. The molecule has 0 aromatic heterocycles. The van der Waals surface area contributed by atoms with Gasteiger partial charge < -0.3 is 0 Å². The van der Waals surface area contributed by atoms with E-state index in [1.807, 2.05) is 27.7 Å². The summed E-state index contributed by atoms with van der Waals surface area (Å²) in [5.74, 6) is -0.129. The Balaban J connectivity index is 3.60. The summed E-state index contributed by atoms with van der Waals surface area (Å²) in [6, 6.07) is 0. The first-order chi connectivity index (χ1) is 5.46. The molecule has 1 aromatic carbocycles. The van der Waals surface area contributed by atoms with Crippen molar-refractivity contribution in [2.75, 3.05) is 0 Å². The summed E-state index contributed by atoms with van der Waals surface area (Å²) in [5, 5.41) is 0. The highest BCUT2D eigenvalue weighted by molar-refractivity contribution is 9.10. The standard InChI is InChI=1S/C10H12BrF/c1-5-6(2)8(4)10(12)9(11)7(5)3/h1-4H3. The van der Waals surface area contributed by atoms with Crippen LogP contribution in [0.4, 0.5) is 4.39 Å². The molecule has 1 aromatic rings. The molecule has 12 heavy (non-hydrogen) atoms. The summed E-state index contributed by atoms with van der Waals surface area (Å²) in [6.07, 6.45) is 0. The molecule has 0 aliphatic carbocycles. The van der Waals surface area contributed by atoms with Gasteiger partial charge in [-0.05, 0) is 65.9 Å². The van der Waals surface area contributed by atoms with Gasteiger partial charge in [-0.1, -0.05) is 0 Å². The minimum atomic E-state index is -0.129. The Morgan fingerprint density at radius 2 is 1.25 bits per heavy atom. The average molecular weight is 231 g/mol. The predicted octanol–water partition coefficient (Wildman–Crippen LogP) is 3.82. The minimum absolute atomic E-state index is 0.129. The number of benzene rings is 1. The summed E-state index contributed by atoms with van der Waals surface area (Å²) in [6.45, 7) is 7.70. The normalized spacial score (nSPS) is 10.5. The Morgan fingerprint density at radius 3 is 1.75 bits per heavy atom. The van der Waals surface area contributed by atoms with Gasteiger partial charge >= 0.3 is 0 Å². The molecule has 0 N–H and O–H groups in total. The molecule has 0 atom stereocenters. The molecule has 0 aliphatic heterocycles. The van der Waals surface area contributed by atoms with E-state index < -0.39 is 0 Å². The fraction of sp³-hybridized carbons (Fsp3) is 0.400. The zero-order chi connectivity index (χ0) is 9.46. The molecule has 66 valence electrons. The lowest BCUT2D eigenvalue weighted by atomic mass is 9.99.